The van der Waals surface area contributed by atoms with Crippen LogP contribution in [0.3, 0.4) is 0 Å². The average molecular weight is 281 g/mol. The minimum Gasteiger partial charge on any atom is -0.383 e. The molecule has 1 unspecified atom stereocenters. The van der Waals surface area contributed by atoms with Gasteiger partial charge in [-0.3, -0.25) is 0 Å². The Labute approximate surface area is 127 Å². The van der Waals surface area contributed by atoms with Gasteiger partial charge in [-0.25, -0.2) is 0 Å². The minimum atomic E-state index is 0.272. The molecule has 0 radical (unpaired) electrons. The second kappa shape index (κ2) is 6.77. The molecule has 0 bridgehead atoms. The zero-order valence-corrected chi connectivity index (χ0v) is 12.6. The first kappa shape index (κ1) is 14.2. The van der Waals surface area contributed by atoms with E-state index >= 15 is 0 Å². The predicted octanol–water partition coefficient (Wildman–Crippen LogP) is 4.50. The lowest BCUT2D eigenvalue weighted by Crippen LogP contribution is -2.17. The Hall–Kier alpha value is -1.80. The van der Waals surface area contributed by atoms with Gasteiger partial charge in [0.2, 0.25) is 0 Å². The topological polar surface area (TPSA) is 21.3 Å². The molecule has 1 aliphatic carbocycles. The third-order valence-electron chi connectivity index (χ3n) is 4.20. The molecule has 0 saturated carbocycles. The number of para-hydroxylation sites is 1. The lowest BCUT2D eigenvalue weighted by atomic mass is 9.89. The standard InChI is InChI=1S/C19H23NO/c1-15-7-2-5-11-18(15)20-13-14-21-19-12-6-9-16-8-3-4-10-17(16)19/h2-5,7-8,10-11,19-20H,6,9,12-14H2,1H3. The molecule has 2 aromatic carbocycles. The van der Waals surface area contributed by atoms with Crippen LogP contribution in [0, 0.1) is 6.92 Å². The fraction of sp³-hybridized carbons (Fsp3) is 0.368. The van der Waals surface area contributed by atoms with Crippen molar-refractivity contribution in [2.45, 2.75) is 32.3 Å². The van der Waals surface area contributed by atoms with E-state index in [1.165, 1.54) is 35.2 Å². The van der Waals surface area contributed by atoms with Crippen LogP contribution >= 0.6 is 0 Å². The Morgan fingerprint density at radius 2 is 1.90 bits per heavy atom. The van der Waals surface area contributed by atoms with Gasteiger partial charge in [0.25, 0.3) is 0 Å². The quantitative estimate of drug-likeness (QED) is 0.815. The SMILES string of the molecule is Cc1ccccc1NCCOC1CCCc2ccccc21. The van der Waals surface area contributed by atoms with Gasteiger partial charge in [-0.15, -0.1) is 0 Å². The third kappa shape index (κ3) is 3.45. The van der Waals surface area contributed by atoms with E-state index in [4.69, 9.17) is 4.74 Å². The molecule has 1 atom stereocenters. The average Bonchev–Trinajstić information content (AvgIpc) is 2.53. The Balaban J connectivity index is 1.52. The van der Waals surface area contributed by atoms with Gasteiger partial charge in [-0.1, -0.05) is 42.5 Å². The molecule has 2 aromatic rings. The Kier molecular flexibility index (Phi) is 4.56. The molecule has 0 heterocycles. The number of benzene rings is 2. The summed E-state index contributed by atoms with van der Waals surface area (Å²) in [5, 5.41) is 3.45. The molecule has 0 fully saturated rings. The van der Waals surface area contributed by atoms with Gasteiger partial charge < -0.3 is 10.1 Å². The summed E-state index contributed by atoms with van der Waals surface area (Å²) in [6.07, 6.45) is 3.83. The maximum absolute atomic E-state index is 6.11. The van der Waals surface area contributed by atoms with E-state index < -0.39 is 0 Å². The lowest BCUT2D eigenvalue weighted by molar-refractivity contribution is 0.0477. The van der Waals surface area contributed by atoms with Gasteiger partial charge in [0.1, 0.15) is 0 Å². The molecule has 0 saturated heterocycles. The Bertz CT molecular complexity index is 594. The molecule has 2 nitrogen and oxygen atoms in total. The van der Waals surface area contributed by atoms with Crippen LogP contribution in [0.4, 0.5) is 5.69 Å². The van der Waals surface area contributed by atoms with Crippen LogP contribution in [0.25, 0.3) is 0 Å². The zero-order valence-electron chi connectivity index (χ0n) is 12.6. The van der Waals surface area contributed by atoms with E-state index in [9.17, 15) is 0 Å². The highest BCUT2D eigenvalue weighted by Crippen LogP contribution is 2.32. The van der Waals surface area contributed by atoms with Crippen molar-refractivity contribution in [1.82, 2.24) is 0 Å². The van der Waals surface area contributed by atoms with Crippen LogP contribution in [0.1, 0.15) is 35.6 Å². The summed E-state index contributed by atoms with van der Waals surface area (Å²) in [5.41, 5.74) is 5.32. The van der Waals surface area contributed by atoms with Crippen molar-refractivity contribution >= 4 is 5.69 Å². The van der Waals surface area contributed by atoms with Gasteiger partial charge in [-0.2, -0.15) is 0 Å². The van der Waals surface area contributed by atoms with Crippen molar-refractivity contribution in [1.29, 1.82) is 0 Å². The second-order valence-electron chi connectivity index (χ2n) is 5.69. The molecule has 0 spiro atoms. The number of anilines is 1. The minimum absolute atomic E-state index is 0.272. The summed E-state index contributed by atoms with van der Waals surface area (Å²) in [5.74, 6) is 0. The summed E-state index contributed by atoms with van der Waals surface area (Å²) < 4.78 is 6.11. The molecular formula is C19H23NO. The van der Waals surface area contributed by atoms with Crippen LogP contribution in [0.2, 0.25) is 0 Å². The molecular weight excluding hydrogens is 258 g/mol. The van der Waals surface area contributed by atoms with E-state index in [2.05, 4.69) is 60.8 Å². The van der Waals surface area contributed by atoms with Crippen LogP contribution in [-0.2, 0) is 11.2 Å². The van der Waals surface area contributed by atoms with Crippen molar-refractivity contribution in [3.63, 3.8) is 0 Å². The molecule has 3 rings (SSSR count). The van der Waals surface area contributed by atoms with Crippen molar-refractivity contribution in [3.8, 4) is 0 Å². The van der Waals surface area contributed by atoms with E-state index in [1.54, 1.807) is 0 Å². The van der Waals surface area contributed by atoms with Gasteiger partial charge in [-0.05, 0) is 48.9 Å². The number of nitrogens with one attached hydrogen (secondary N) is 1. The van der Waals surface area contributed by atoms with Crippen molar-refractivity contribution in [2.75, 3.05) is 18.5 Å². The fourth-order valence-corrected chi connectivity index (χ4v) is 3.04. The first-order chi connectivity index (χ1) is 10.3. The number of aryl methyl sites for hydroxylation is 2. The first-order valence-corrected chi connectivity index (χ1v) is 7.83. The van der Waals surface area contributed by atoms with Gasteiger partial charge in [0.15, 0.2) is 0 Å². The normalized spacial score (nSPS) is 17.3. The summed E-state index contributed by atoms with van der Waals surface area (Å²) in [7, 11) is 0. The number of fused-ring (bicyclic) bond motifs is 1. The molecule has 110 valence electrons. The highest BCUT2D eigenvalue weighted by Gasteiger charge is 2.19. The van der Waals surface area contributed by atoms with Gasteiger partial charge in [0, 0.05) is 12.2 Å². The second-order valence-corrected chi connectivity index (χ2v) is 5.69. The lowest BCUT2D eigenvalue weighted by Gasteiger charge is -2.25. The first-order valence-electron chi connectivity index (χ1n) is 7.83. The van der Waals surface area contributed by atoms with E-state index in [0.29, 0.717) is 0 Å². The molecule has 0 amide bonds. The summed E-state index contributed by atoms with van der Waals surface area (Å²) >= 11 is 0. The summed E-state index contributed by atoms with van der Waals surface area (Å²) in [6, 6.07) is 17.1. The number of hydrogen-bond acceptors (Lipinski definition) is 2. The largest absolute Gasteiger partial charge is 0.383 e. The number of hydrogen-bond donors (Lipinski definition) is 1. The molecule has 1 N–H and O–H groups in total. The van der Waals surface area contributed by atoms with Crippen LogP contribution in [-0.4, -0.2) is 13.2 Å². The van der Waals surface area contributed by atoms with Crippen molar-refractivity contribution in [3.05, 3.63) is 65.2 Å². The highest BCUT2D eigenvalue weighted by atomic mass is 16.5. The van der Waals surface area contributed by atoms with Gasteiger partial charge >= 0.3 is 0 Å². The monoisotopic (exact) mass is 281 g/mol. The molecule has 2 heteroatoms. The van der Waals surface area contributed by atoms with Crippen LogP contribution in [0.15, 0.2) is 48.5 Å². The molecule has 1 aliphatic rings. The zero-order chi connectivity index (χ0) is 14.5. The number of ether oxygens (including phenoxy) is 1. The van der Waals surface area contributed by atoms with E-state index in [0.717, 1.165) is 19.6 Å². The van der Waals surface area contributed by atoms with Crippen molar-refractivity contribution in [2.24, 2.45) is 0 Å². The van der Waals surface area contributed by atoms with Gasteiger partial charge in [0.05, 0.1) is 12.7 Å². The van der Waals surface area contributed by atoms with Crippen LogP contribution < -0.4 is 5.32 Å². The maximum atomic E-state index is 6.11. The Morgan fingerprint density at radius 3 is 2.81 bits per heavy atom. The van der Waals surface area contributed by atoms with Crippen molar-refractivity contribution < 1.29 is 4.74 Å². The molecule has 0 aliphatic heterocycles. The number of rotatable bonds is 5. The highest BCUT2D eigenvalue weighted by molar-refractivity contribution is 5.50. The Morgan fingerprint density at radius 1 is 1.10 bits per heavy atom. The predicted molar refractivity (Wildman–Crippen MR) is 87.7 cm³/mol. The summed E-state index contributed by atoms with van der Waals surface area (Å²) in [6.45, 7) is 3.72. The summed E-state index contributed by atoms with van der Waals surface area (Å²) in [4.78, 5) is 0. The fourth-order valence-electron chi connectivity index (χ4n) is 3.04. The third-order valence-corrected chi connectivity index (χ3v) is 4.20. The molecule has 0 aromatic heterocycles. The van der Waals surface area contributed by atoms with E-state index in [-0.39, 0.29) is 6.10 Å². The van der Waals surface area contributed by atoms with E-state index in [1.807, 2.05) is 0 Å². The maximum Gasteiger partial charge on any atom is 0.0828 e. The smallest absolute Gasteiger partial charge is 0.0828 e. The molecule has 21 heavy (non-hydrogen) atoms. The van der Waals surface area contributed by atoms with Crippen LogP contribution in [0.5, 0.6) is 0 Å².